The Morgan fingerprint density at radius 2 is 1.82 bits per heavy atom. The number of nitriles is 1. The van der Waals surface area contributed by atoms with E-state index in [9.17, 15) is 20.2 Å². The Kier molecular flexibility index (Phi) is 3.37. The molecule has 0 amide bonds. The largest absolute Gasteiger partial charge is 0.289 e. The molecular weight excluding hydrogens is 154 g/mol. The fourth-order valence-electron chi connectivity index (χ4n) is 0.417. The van der Waals surface area contributed by atoms with Gasteiger partial charge in [-0.3, -0.25) is 20.2 Å². The van der Waals surface area contributed by atoms with Crippen LogP contribution < -0.4 is 0 Å². The van der Waals surface area contributed by atoms with E-state index in [0.717, 1.165) is 0 Å². The fourth-order valence-corrected chi connectivity index (χ4v) is 0.417. The van der Waals surface area contributed by atoms with Crippen LogP contribution in [0.15, 0.2) is 0 Å². The lowest BCUT2D eigenvalue weighted by Crippen LogP contribution is -2.19. The molecule has 0 spiro atoms. The van der Waals surface area contributed by atoms with Crippen molar-refractivity contribution in [2.75, 3.05) is 0 Å². The molecule has 7 heteroatoms. The first-order valence-corrected chi connectivity index (χ1v) is 2.61. The van der Waals surface area contributed by atoms with Crippen molar-refractivity contribution >= 4 is 0 Å². The molecule has 60 valence electrons. The van der Waals surface area contributed by atoms with Gasteiger partial charge in [0, 0.05) is 6.42 Å². The highest BCUT2D eigenvalue weighted by Gasteiger charge is 2.17. The topological polar surface area (TPSA) is 110 Å². The van der Waals surface area contributed by atoms with Gasteiger partial charge >= 0.3 is 0 Å². The quantitative estimate of drug-likeness (QED) is 0.332. The van der Waals surface area contributed by atoms with Crippen molar-refractivity contribution in [2.24, 2.45) is 0 Å². The molecule has 0 aliphatic heterocycles. The Hall–Kier alpha value is -1.84. The van der Waals surface area contributed by atoms with Crippen molar-refractivity contribution in [3.05, 3.63) is 26.4 Å². The van der Waals surface area contributed by atoms with Crippen LogP contribution in [-0.2, 0) is 0 Å². The van der Waals surface area contributed by atoms with Gasteiger partial charge in [0.2, 0.25) is 0 Å². The van der Waals surface area contributed by atoms with Gasteiger partial charge in [0.1, 0.15) is 0 Å². The number of rotatable bonds is 4. The van der Waals surface area contributed by atoms with Gasteiger partial charge < -0.3 is 0 Å². The van der Waals surface area contributed by atoms with E-state index in [1.807, 2.05) is 0 Å². The summed E-state index contributed by atoms with van der Waals surface area (Å²) in [5, 5.41) is 27.7. The third-order valence-electron chi connectivity index (χ3n) is 0.882. The maximum absolute atomic E-state index is 9.86. The van der Waals surface area contributed by atoms with E-state index in [2.05, 4.69) is 0 Å². The molecule has 0 aromatic heterocycles. The van der Waals surface area contributed by atoms with Crippen LogP contribution in [0.4, 0.5) is 0 Å². The molecule has 0 heterocycles. The van der Waals surface area contributed by atoms with Crippen LogP contribution in [0.25, 0.3) is 0 Å². The lowest BCUT2D eigenvalue weighted by Gasteiger charge is -2.08. The minimum absolute atomic E-state index is 0.211. The predicted molar refractivity (Wildman–Crippen MR) is 32.1 cm³/mol. The molecule has 0 saturated heterocycles. The van der Waals surface area contributed by atoms with Crippen LogP contribution in [0.2, 0.25) is 0 Å². The van der Waals surface area contributed by atoms with Crippen LogP contribution >= 0.6 is 0 Å². The van der Waals surface area contributed by atoms with E-state index in [1.54, 1.807) is 6.07 Å². The highest BCUT2D eigenvalue weighted by atomic mass is 16.7. The highest BCUT2D eigenvalue weighted by Crippen LogP contribution is 2.09. The summed E-state index contributed by atoms with van der Waals surface area (Å²) in [6.07, 6.45) is -1.67. The predicted octanol–water partition coefficient (Wildman–Crippen LogP) is 0.333. The van der Waals surface area contributed by atoms with E-state index >= 15 is 0 Å². The molecule has 0 N–H and O–H groups in total. The minimum Gasteiger partial charge on any atom is -0.289 e. The van der Waals surface area contributed by atoms with Crippen LogP contribution in [0.1, 0.15) is 12.8 Å². The smallest absolute Gasteiger partial charge is 0.265 e. The summed E-state index contributed by atoms with van der Waals surface area (Å²) < 4.78 is 0. The van der Waals surface area contributed by atoms with Gasteiger partial charge in [-0.15, -0.1) is 0 Å². The first-order valence-electron chi connectivity index (χ1n) is 2.61. The number of nitrogens with zero attached hydrogens (tertiary/aromatic N) is 3. The van der Waals surface area contributed by atoms with Crippen LogP contribution in [0, 0.1) is 37.7 Å². The summed E-state index contributed by atoms with van der Waals surface area (Å²) in [6.45, 7) is 0. The first kappa shape index (κ1) is 9.16. The monoisotopic (exact) mass is 158 g/mol. The Bertz CT molecular complexity index is 194. The van der Waals surface area contributed by atoms with Crippen molar-refractivity contribution in [3.8, 4) is 6.07 Å². The molecule has 0 bridgehead atoms. The zero-order valence-electron chi connectivity index (χ0n) is 5.39. The Morgan fingerprint density at radius 1 is 1.36 bits per heavy atom. The first-order chi connectivity index (χ1) is 5.09. The molecule has 0 rings (SSSR count). The average Bonchev–Trinajstić information content (AvgIpc) is 1.87. The molecule has 7 nitrogen and oxygen atoms in total. The lowest BCUT2D eigenvalue weighted by atomic mass is 10.3. The van der Waals surface area contributed by atoms with E-state index < -0.39 is 22.4 Å². The summed E-state index contributed by atoms with van der Waals surface area (Å²) in [4.78, 5) is 17.6. The van der Waals surface area contributed by atoms with E-state index in [-0.39, 0.29) is 6.42 Å². The van der Waals surface area contributed by atoms with Crippen molar-refractivity contribution in [3.63, 3.8) is 0 Å². The van der Waals surface area contributed by atoms with Gasteiger partial charge in [0.25, 0.3) is 6.17 Å². The summed E-state index contributed by atoms with van der Waals surface area (Å²) in [5.74, 6) is 0. The van der Waals surface area contributed by atoms with Crippen molar-refractivity contribution < 1.29 is 9.85 Å². The van der Waals surface area contributed by atoms with Gasteiger partial charge in [-0.2, -0.15) is 5.26 Å². The average molecular weight is 158 g/mol. The molecule has 0 aromatic carbocycles. The number of hydrogen-bond donors (Lipinski definition) is 0. The SMILES string of the molecule is N#CCC[C-]([N+](=O)[O-])[N+](=O)[O-]. The highest BCUT2D eigenvalue weighted by molar-refractivity contribution is 4.74. The zero-order chi connectivity index (χ0) is 8.85. The zero-order valence-corrected chi connectivity index (χ0v) is 5.39. The van der Waals surface area contributed by atoms with E-state index in [1.165, 1.54) is 0 Å². The Morgan fingerprint density at radius 3 is 2.09 bits per heavy atom. The van der Waals surface area contributed by atoms with Gasteiger partial charge in [-0.1, -0.05) is 0 Å². The molecule has 0 aliphatic rings. The summed E-state index contributed by atoms with van der Waals surface area (Å²) >= 11 is 0. The molecule has 0 saturated carbocycles. The standard InChI is InChI=1S/C4H4N3O4/c5-3-1-2-4(6(8)9)7(10)11/h1-2H2/q-1. The van der Waals surface area contributed by atoms with Gasteiger partial charge in [0.15, 0.2) is 0 Å². The second-order valence-electron chi connectivity index (χ2n) is 1.59. The second-order valence-corrected chi connectivity index (χ2v) is 1.59. The summed E-state index contributed by atoms with van der Waals surface area (Å²) in [7, 11) is 0. The van der Waals surface area contributed by atoms with Crippen LogP contribution in [0.5, 0.6) is 0 Å². The van der Waals surface area contributed by atoms with Gasteiger partial charge in [0.05, 0.1) is 6.07 Å². The van der Waals surface area contributed by atoms with Crippen LogP contribution in [-0.4, -0.2) is 9.85 Å². The lowest BCUT2D eigenvalue weighted by molar-refractivity contribution is -0.671. The summed E-state index contributed by atoms with van der Waals surface area (Å²) in [5.41, 5.74) is 0. The van der Waals surface area contributed by atoms with Gasteiger partial charge in [-0.05, 0) is 16.3 Å². The van der Waals surface area contributed by atoms with Gasteiger partial charge in [-0.25, -0.2) is 0 Å². The molecular formula is C4H4N3O4-. The third kappa shape index (κ3) is 3.00. The maximum atomic E-state index is 9.86. The molecule has 0 fully saturated rings. The Labute approximate surface area is 61.5 Å². The molecule has 0 unspecified atom stereocenters. The molecule has 0 aliphatic carbocycles. The molecule has 11 heavy (non-hydrogen) atoms. The van der Waals surface area contributed by atoms with Crippen LogP contribution in [0.3, 0.4) is 0 Å². The Balaban J connectivity index is 4.03. The second kappa shape index (κ2) is 4.05. The van der Waals surface area contributed by atoms with Crippen molar-refractivity contribution in [1.82, 2.24) is 0 Å². The number of hydrogen-bond acceptors (Lipinski definition) is 5. The third-order valence-corrected chi connectivity index (χ3v) is 0.882. The summed E-state index contributed by atoms with van der Waals surface area (Å²) in [6, 6.07) is 1.58. The van der Waals surface area contributed by atoms with Crippen molar-refractivity contribution in [1.29, 1.82) is 5.26 Å². The maximum Gasteiger partial charge on any atom is 0.265 e. The fraction of sp³-hybridized carbons (Fsp3) is 0.500. The van der Waals surface area contributed by atoms with Crippen molar-refractivity contribution in [2.45, 2.75) is 12.8 Å². The van der Waals surface area contributed by atoms with E-state index in [0.29, 0.717) is 0 Å². The molecule has 0 atom stereocenters. The minimum atomic E-state index is -1.09. The molecule has 0 radical (unpaired) electrons. The molecule has 0 aromatic rings. The normalized spacial score (nSPS) is 8.27. The van der Waals surface area contributed by atoms with E-state index in [4.69, 9.17) is 5.26 Å². The number of nitro groups is 2.